The van der Waals surface area contributed by atoms with Crippen molar-refractivity contribution in [2.75, 3.05) is 13.1 Å². The highest BCUT2D eigenvalue weighted by Gasteiger charge is 2.23. The number of phenols is 1. The molecule has 0 aliphatic rings. The minimum absolute atomic E-state index is 0.133. The van der Waals surface area contributed by atoms with Crippen molar-refractivity contribution >= 4 is 16.9 Å². The van der Waals surface area contributed by atoms with Crippen LogP contribution >= 0.6 is 0 Å². The van der Waals surface area contributed by atoms with Crippen molar-refractivity contribution in [1.29, 1.82) is 0 Å². The zero-order chi connectivity index (χ0) is 20.8. The average Bonchev–Trinajstić information content (AvgIpc) is 3.05. The van der Waals surface area contributed by atoms with E-state index in [9.17, 15) is 9.90 Å². The maximum atomic E-state index is 13.0. The standard InChI is InChI=1S/C24H26N2O3/c1-4-13-26(14-5-2)16-19-20(27)11-12-21-23(19)22(17(3)29-21)24(28)25-15-18-9-7-6-8-10-18/h4-12,27H,1-2,13-16H2,3H3,(H,25,28). The molecule has 1 amide bonds. The van der Waals surface area contributed by atoms with Gasteiger partial charge in [-0.05, 0) is 24.6 Å². The summed E-state index contributed by atoms with van der Waals surface area (Å²) in [6, 6.07) is 13.0. The first kappa shape index (κ1) is 20.4. The van der Waals surface area contributed by atoms with Crippen molar-refractivity contribution in [3.05, 3.63) is 90.2 Å². The van der Waals surface area contributed by atoms with E-state index in [-0.39, 0.29) is 11.7 Å². The Labute approximate surface area is 171 Å². The van der Waals surface area contributed by atoms with Crippen LogP contribution in [0.25, 0.3) is 11.0 Å². The summed E-state index contributed by atoms with van der Waals surface area (Å²) in [5.74, 6) is 0.431. The molecule has 0 radical (unpaired) electrons. The Bertz CT molecular complexity index is 1010. The van der Waals surface area contributed by atoms with Gasteiger partial charge in [0.15, 0.2) is 0 Å². The molecule has 0 atom stereocenters. The van der Waals surface area contributed by atoms with Gasteiger partial charge in [0.2, 0.25) is 0 Å². The van der Waals surface area contributed by atoms with Gasteiger partial charge in [0.1, 0.15) is 17.1 Å². The van der Waals surface area contributed by atoms with E-state index >= 15 is 0 Å². The van der Waals surface area contributed by atoms with Crippen LogP contribution in [-0.4, -0.2) is 29.0 Å². The molecule has 0 spiro atoms. The van der Waals surface area contributed by atoms with Crippen LogP contribution < -0.4 is 5.32 Å². The summed E-state index contributed by atoms with van der Waals surface area (Å²) in [4.78, 5) is 15.1. The van der Waals surface area contributed by atoms with Crippen molar-refractivity contribution in [2.45, 2.75) is 20.0 Å². The largest absolute Gasteiger partial charge is 0.508 e. The molecule has 0 aliphatic carbocycles. The maximum absolute atomic E-state index is 13.0. The lowest BCUT2D eigenvalue weighted by molar-refractivity contribution is 0.0950. The van der Waals surface area contributed by atoms with E-state index in [4.69, 9.17) is 4.42 Å². The quantitative estimate of drug-likeness (QED) is 0.526. The van der Waals surface area contributed by atoms with Crippen molar-refractivity contribution < 1.29 is 14.3 Å². The molecular weight excluding hydrogens is 364 g/mol. The number of aromatic hydroxyl groups is 1. The summed E-state index contributed by atoms with van der Waals surface area (Å²) in [7, 11) is 0. The van der Waals surface area contributed by atoms with Gasteiger partial charge >= 0.3 is 0 Å². The third kappa shape index (κ3) is 4.58. The van der Waals surface area contributed by atoms with E-state index < -0.39 is 0 Å². The number of furan rings is 1. The molecule has 1 heterocycles. The lowest BCUT2D eigenvalue weighted by Crippen LogP contribution is -2.25. The predicted molar refractivity (Wildman–Crippen MR) is 116 cm³/mol. The zero-order valence-electron chi connectivity index (χ0n) is 16.6. The van der Waals surface area contributed by atoms with Crippen molar-refractivity contribution in [3.63, 3.8) is 0 Å². The lowest BCUT2D eigenvalue weighted by atomic mass is 10.0. The van der Waals surface area contributed by atoms with E-state index in [0.717, 1.165) is 5.56 Å². The number of carbonyl (C=O) groups excluding carboxylic acids is 1. The summed E-state index contributed by atoms with van der Waals surface area (Å²) >= 11 is 0. The molecule has 1 aromatic heterocycles. The average molecular weight is 390 g/mol. The third-order valence-electron chi connectivity index (χ3n) is 4.79. The highest BCUT2D eigenvalue weighted by Crippen LogP contribution is 2.34. The molecule has 3 aromatic rings. The summed E-state index contributed by atoms with van der Waals surface area (Å²) in [5, 5.41) is 14.2. The van der Waals surface area contributed by atoms with Gasteiger partial charge < -0.3 is 14.8 Å². The van der Waals surface area contributed by atoms with Gasteiger partial charge in [-0.3, -0.25) is 9.69 Å². The predicted octanol–water partition coefficient (Wildman–Crippen LogP) is 4.55. The Kier molecular flexibility index (Phi) is 6.52. The second kappa shape index (κ2) is 9.26. The first-order valence-corrected chi connectivity index (χ1v) is 9.55. The van der Waals surface area contributed by atoms with Gasteiger partial charge in [0.25, 0.3) is 5.91 Å². The number of carbonyl (C=O) groups is 1. The summed E-state index contributed by atoms with van der Waals surface area (Å²) < 4.78 is 5.84. The van der Waals surface area contributed by atoms with E-state index in [0.29, 0.717) is 54.0 Å². The molecule has 0 aliphatic heterocycles. The first-order chi connectivity index (χ1) is 14.0. The van der Waals surface area contributed by atoms with Crippen LogP contribution in [0.2, 0.25) is 0 Å². The summed E-state index contributed by atoms with van der Waals surface area (Å²) in [5.41, 5.74) is 2.71. The minimum Gasteiger partial charge on any atom is -0.508 e. The molecular formula is C24H26N2O3. The topological polar surface area (TPSA) is 65.7 Å². The smallest absolute Gasteiger partial charge is 0.255 e. The van der Waals surface area contributed by atoms with E-state index in [1.165, 1.54) is 0 Å². The SMILES string of the molecule is C=CCN(CC=C)Cc1c(O)ccc2oc(C)c(C(=O)NCc3ccccc3)c12. The summed E-state index contributed by atoms with van der Waals surface area (Å²) in [6.45, 7) is 11.5. The fourth-order valence-corrected chi connectivity index (χ4v) is 3.46. The van der Waals surface area contributed by atoms with Gasteiger partial charge in [-0.2, -0.15) is 0 Å². The monoisotopic (exact) mass is 390 g/mol. The third-order valence-corrected chi connectivity index (χ3v) is 4.79. The molecule has 2 N–H and O–H groups in total. The Balaban J connectivity index is 1.97. The summed E-state index contributed by atoms with van der Waals surface area (Å²) in [6.07, 6.45) is 3.60. The molecule has 2 aromatic carbocycles. The Morgan fingerprint density at radius 2 is 1.83 bits per heavy atom. The molecule has 0 bridgehead atoms. The number of nitrogens with zero attached hydrogens (tertiary/aromatic N) is 1. The Hall–Kier alpha value is -3.31. The second-order valence-electron chi connectivity index (χ2n) is 6.91. The molecule has 0 saturated heterocycles. The number of amides is 1. The number of benzene rings is 2. The molecule has 5 nitrogen and oxygen atoms in total. The van der Waals surface area contributed by atoms with Gasteiger partial charge in [-0.25, -0.2) is 0 Å². The second-order valence-corrected chi connectivity index (χ2v) is 6.91. The number of phenolic OH excluding ortho intramolecular Hbond substituents is 1. The molecule has 150 valence electrons. The molecule has 0 saturated carbocycles. The molecule has 5 heteroatoms. The lowest BCUT2D eigenvalue weighted by Gasteiger charge is -2.20. The number of fused-ring (bicyclic) bond motifs is 1. The van der Waals surface area contributed by atoms with Crippen molar-refractivity contribution in [3.8, 4) is 5.75 Å². The maximum Gasteiger partial charge on any atom is 0.255 e. The highest BCUT2D eigenvalue weighted by molar-refractivity contribution is 6.08. The zero-order valence-corrected chi connectivity index (χ0v) is 16.6. The van der Waals surface area contributed by atoms with Gasteiger partial charge in [0, 0.05) is 37.1 Å². The van der Waals surface area contributed by atoms with Crippen LogP contribution in [0.1, 0.15) is 27.2 Å². The van der Waals surface area contributed by atoms with Gasteiger partial charge in [0.05, 0.1) is 5.56 Å². The van der Waals surface area contributed by atoms with Crippen molar-refractivity contribution in [1.82, 2.24) is 10.2 Å². The number of rotatable bonds is 9. The highest BCUT2D eigenvalue weighted by atomic mass is 16.3. The first-order valence-electron chi connectivity index (χ1n) is 9.55. The Morgan fingerprint density at radius 3 is 2.48 bits per heavy atom. The van der Waals surface area contributed by atoms with Crippen LogP contribution in [0.4, 0.5) is 0 Å². The molecule has 0 unspecified atom stereocenters. The van der Waals surface area contributed by atoms with Crippen LogP contribution in [0.5, 0.6) is 5.75 Å². The van der Waals surface area contributed by atoms with Gasteiger partial charge in [-0.1, -0.05) is 42.5 Å². The number of aryl methyl sites for hydroxylation is 1. The van der Waals surface area contributed by atoms with E-state index in [2.05, 4.69) is 23.4 Å². The number of nitrogens with one attached hydrogen (secondary N) is 1. The molecule has 3 rings (SSSR count). The normalized spacial score (nSPS) is 11.0. The van der Waals surface area contributed by atoms with Crippen LogP contribution in [0, 0.1) is 6.92 Å². The van der Waals surface area contributed by atoms with Crippen molar-refractivity contribution in [2.24, 2.45) is 0 Å². The fourth-order valence-electron chi connectivity index (χ4n) is 3.46. The number of hydrogen-bond acceptors (Lipinski definition) is 4. The fraction of sp³-hybridized carbons (Fsp3) is 0.208. The molecule has 0 fully saturated rings. The minimum atomic E-state index is -0.226. The van der Waals surface area contributed by atoms with Gasteiger partial charge in [-0.15, -0.1) is 13.2 Å². The number of hydrogen-bond donors (Lipinski definition) is 2. The molecule has 29 heavy (non-hydrogen) atoms. The van der Waals surface area contributed by atoms with E-state index in [1.807, 2.05) is 30.3 Å². The van der Waals surface area contributed by atoms with Crippen LogP contribution in [0.15, 0.2) is 72.2 Å². The van der Waals surface area contributed by atoms with Crippen LogP contribution in [-0.2, 0) is 13.1 Å². The van der Waals surface area contributed by atoms with E-state index in [1.54, 1.807) is 31.2 Å². The van der Waals surface area contributed by atoms with Crippen LogP contribution in [0.3, 0.4) is 0 Å². The Morgan fingerprint density at radius 1 is 1.14 bits per heavy atom.